The highest BCUT2D eigenvalue weighted by Gasteiger charge is 2.55. The minimum absolute atomic E-state index is 0.0989. The molecule has 1 saturated carbocycles. The van der Waals surface area contributed by atoms with Gasteiger partial charge < -0.3 is 20.3 Å². The minimum atomic E-state index is -0.579. The van der Waals surface area contributed by atoms with Crippen molar-refractivity contribution in [2.45, 2.75) is 37.0 Å². The van der Waals surface area contributed by atoms with Gasteiger partial charge in [-0.05, 0) is 36.6 Å². The quantitative estimate of drug-likeness (QED) is 0.787. The monoisotopic (exact) mass is 385 g/mol. The SMILES string of the molecule is NC1=NC2(CO1)c1cc(-c3cncc(Cl)c3)ccc1OC1CC(O)CC[C@@H]12. The number of nitrogens with zero attached hydrogens (tertiary/aromatic N) is 2. The summed E-state index contributed by atoms with van der Waals surface area (Å²) < 4.78 is 11.9. The molecule has 1 aromatic heterocycles. The van der Waals surface area contributed by atoms with E-state index in [2.05, 4.69) is 11.1 Å². The van der Waals surface area contributed by atoms with Crippen LogP contribution < -0.4 is 10.5 Å². The van der Waals surface area contributed by atoms with Crippen molar-refractivity contribution in [3.8, 4) is 16.9 Å². The van der Waals surface area contributed by atoms with Gasteiger partial charge in [0.05, 0.1) is 11.1 Å². The highest BCUT2D eigenvalue weighted by atomic mass is 35.5. The lowest BCUT2D eigenvalue weighted by molar-refractivity contribution is -0.0360. The first-order valence-electron chi connectivity index (χ1n) is 9.13. The average molecular weight is 386 g/mol. The number of pyridine rings is 1. The van der Waals surface area contributed by atoms with Crippen LogP contribution in [0.3, 0.4) is 0 Å². The Morgan fingerprint density at radius 3 is 2.85 bits per heavy atom. The van der Waals surface area contributed by atoms with E-state index in [4.69, 9.17) is 31.8 Å². The molecule has 3 N–H and O–H groups in total. The number of amidine groups is 1. The Bertz CT molecular complexity index is 934. The zero-order valence-corrected chi connectivity index (χ0v) is 15.4. The fourth-order valence-electron chi connectivity index (χ4n) is 4.64. The highest BCUT2D eigenvalue weighted by Crippen LogP contribution is 2.53. The zero-order valence-electron chi connectivity index (χ0n) is 14.6. The topological polar surface area (TPSA) is 90.0 Å². The number of benzene rings is 1. The fraction of sp³-hybridized carbons (Fsp3) is 0.400. The molecule has 0 amide bonds. The number of ether oxygens (including phenoxy) is 2. The second kappa shape index (κ2) is 6.11. The van der Waals surface area contributed by atoms with Crippen LogP contribution in [0.25, 0.3) is 11.1 Å². The molecule has 3 heterocycles. The van der Waals surface area contributed by atoms with E-state index < -0.39 is 5.54 Å². The summed E-state index contributed by atoms with van der Waals surface area (Å²) in [6.07, 6.45) is 5.10. The van der Waals surface area contributed by atoms with Gasteiger partial charge in [-0.15, -0.1) is 0 Å². The van der Waals surface area contributed by atoms with E-state index in [9.17, 15) is 5.11 Å². The van der Waals surface area contributed by atoms with Crippen LogP contribution in [0, 0.1) is 5.92 Å². The molecule has 1 aliphatic carbocycles. The van der Waals surface area contributed by atoms with E-state index >= 15 is 0 Å². The number of hydrogen-bond donors (Lipinski definition) is 2. The number of hydrogen-bond acceptors (Lipinski definition) is 6. The van der Waals surface area contributed by atoms with Crippen molar-refractivity contribution in [1.82, 2.24) is 4.98 Å². The lowest BCUT2D eigenvalue weighted by Gasteiger charge is -2.47. The van der Waals surface area contributed by atoms with Crippen molar-refractivity contribution >= 4 is 17.6 Å². The van der Waals surface area contributed by atoms with Gasteiger partial charge in [0, 0.05) is 35.9 Å². The van der Waals surface area contributed by atoms with Gasteiger partial charge in [0.25, 0.3) is 6.02 Å². The Morgan fingerprint density at radius 1 is 1.19 bits per heavy atom. The number of nitrogens with two attached hydrogens (primary N) is 1. The van der Waals surface area contributed by atoms with Crippen LogP contribution in [0.5, 0.6) is 5.75 Å². The average Bonchev–Trinajstić information content (AvgIpc) is 3.04. The molecule has 4 atom stereocenters. The summed E-state index contributed by atoms with van der Waals surface area (Å²) in [6, 6.07) is 8.11. The largest absolute Gasteiger partial charge is 0.490 e. The number of rotatable bonds is 1. The van der Waals surface area contributed by atoms with Crippen LogP contribution in [0.2, 0.25) is 5.02 Å². The molecule has 3 aliphatic rings. The molecule has 1 aromatic carbocycles. The van der Waals surface area contributed by atoms with Gasteiger partial charge in [-0.2, -0.15) is 0 Å². The van der Waals surface area contributed by atoms with Crippen molar-refractivity contribution in [1.29, 1.82) is 0 Å². The number of aromatic nitrogens is 1. The molecule has 2 aliphatic heterocycles. The molecule has 140 valence electrons. The lowest BCUT2D eigenvalue weighted by atomic mass is 9.67. The van der Waals surface area contributed by atoms with E-state index in [1.165, 1.54) is 0 Å². The van der Waals surface area contributed by atoms with E-state index in [-0.39, 0.29) is 24.1 Å². The molecule has 2 aromatic rings. The minimum Gasteiger partial charge on any atom is -0.490 e. The maximum atomic E-state index is 10.1. The molecule has 0 bridgehead atoms. The summed E-state index contributed by atoms with van der Waals surface area (Å²) >= 11 is 6.11. The van der Waals surface area contributed by atoms with E-state index in [0.29, 0.717) is 18.1 Å². The van der Waals surface area contributed by atoms with Crippen LogP contribution in [0.15, 0.2) is 41.7 Å². The van der Waals surface area contributed by atoms with Crippen LogP contribution in [-0.2, 0) is 10.3 Å². The van der Waals surface area contributed by atoms with Gasteiger partial charge in [0.2, 0.25) is 0 Å². The lowest BCUT2D eigenvalue weighted by Crippen LogP contribution is -2.51. The molecule has 1 fully saturated rings. The van der Waals surface area contributed by atoms with E-state index in [1.54, 1.807) is 12.4 Å². The second-order valence-corrected chi connectivity index (χ2v) is 7.93. The van der Waals surface area contributed by atoms with Crippen molar-refractivity contribution < 1.29 is 14.6 Å². The highest BCUT2D eigenvalue weighted by molar-refractivity contribution is 6.30. The third-order valence-corrected chi connectivity index (χ3v) is 6.10. The summed E-state index contributed by atoms with van der Waals surface area (Å²) in [4.78, 5) is 8.94. The fourth-order valence-corrected chi connectivity index (χ4v) is 4.81. The molecular weight excluding hydrogens is 366 g/mol. The van der Waals surface area contributed by atoms with Crippen LogP contribution in [0.1, 0.15) is 24.8 Å². The Kier molecular flexibility index (Phi) is 3.81. The number of aliphatic hydroxyl groups is 1. The number of aliphatic hydroxyl groups excluding tert-OH is 1. The van der Waals surface area contributed by atoms with Crippen molar-refractivity contribution in [3.63, 3.8) is 0 Å². The Morgan fingerprint density at radius 2 is 2.07 bits per heavy atom. The maximum absolute atomic E-state index is 10.1. The van der Waals surface area contributed by atoms with E-state index in [0.717, 1.165) is 35.3 Å². The predicted octanol–water partition coefficient (Wildman–Crippen LogP) is 2.86. The van der Waals surface area contributed by atoms with Crippen molar-refractivity contribution in [2.75, 3.05) is 6.61 Å². The molecule has 6 nitrogen and oxygen atoms in total. The summed E-state index contributed by atoms with van der Waals surface area (Å²) in [7, 11) is 0. The third kappa shape index (κ3) is 2.66. The first-order valence-corrected chi connectivity index (χ1v) is 9.51. The summed E-state index contributed by atoms with van der Waals surface area (Å²) in [6.45, 7) is 0.393. The molecule has 0 radical (unpaired) electrons. The normalized spacial score (nSPS) is 31.5. The Labute approximate surface area is 162 Å². The molecule has 27 heavy (non-hydrogen) atoms. The van der Waals surface area contributed by atoms with E-state index in [1.807, 2.05) is 18.2 Å². The first-order chi connectivity index (χ1) is 13.0. The van der Waals surface area contributed by atoms with Crippen LogP contribution >= 0.6 is 11.6 Å². The smallest absolute Gasteiger partial charge is 0.283 e. The van der Waals surface area contributed by atoms with Crippen molar-refractivity contribution in [2.24, 2.45) is 16.6 Å². The van der Waals surface area contributed by atoms with Gasteiger partial charge in [0.1, 0.15) is 24.0 Å². The number of halogens is 1. The summed E-state index contributed by atoms with van der Waals surface area (Å²) in [5, 5.41) is 10.7. The zero-order chi connectivity index (χ0) is 18.6. The van der Waals surface area contributed by atoms with Crippen LogP contribution in [-0.4, -0.2) is 34.9 Å². The number of fused-ring (bicyclic) bond motifs is 4. The van der Waals surface area contributed by atoms with Gasteiger partial charge in [-0.25, -0.2) is 4.99 Å². The van der Waals surface area contributed by atoms with Gasteiger partial charge in [-0.1, -0.05) is 17.7 Å². The first kappa shape index (κ1) is 16.8. The predicted molar refractivity (Wildman–Crippen MR) is 102 cm³/mol. The van der Waals surface area contributed by atoms with Gasteiger partial charge in [0.15, 0.2) is 0 Å². The maximum Gasteiger partial charge on any atom is 0.283 e. The molecule has 1 spiro atoms. The standard InChI is InChI=1S/C20H20ClN3O3/c21-13-5-12(8-23-9-13)11-1-4-17-16(6-11)20(10-26-19(22)24-20)15-3-2-14(25)7-18(15)27-17/h1,4-6,8-9,14-15,18,25H,2-3,7,10H2,(H2,22,24)/t14?,15-,18?,20?/m0/s1. The molecule has 0 saturated heterocycles. The Hall–Kier alpha value is -2.31. The third-order valence-electron chi connectivity index (χ3n) is 5.89. The Balaban J connectivity index is 1.65. The summed E-state index contributed by atoms with van der Waals surface area (Å²) in [5.41, 5.74) is 8.23. The van der Waals surface area contributed by atoms with Gasteiger partial charge >= 0.3 is 0 Å². The molecule has 5 rings (SSSR count). The number of aliphatic imine (C=N–C) groups is 1. The molecular formula is C20H20ClN3O3. The van der Waals surface area contributed by atoms with Gasteiger partial charge in [-0.3, -0.25) is 4.98 Å². The van der Waals surface area contributed by atoms with Crippen molar-refractivity contribution in [3.05, 3.63) is 47.2 Å². The van der Waals surface area contributed by atoms with Crippen LogP contribution in [0.4, 0.5) is 0 Å². The summed E-state index contributed by atoms with van der Waals surface area (Å²) in [5.74, 6) is 0.883. The molecule has 7 heteroatoms. The second-order valence-electron chi connectivity index (χ2n) is 7.50. The molecule has 3 unspecified atom stereocenters.